The van der Waals surface area contributed by atoms with Crippen molar-refractivity contribution in [3.05, 3.63) is 0 Å². The van der Waals surface area contributed by atoms with Crippen LogP contribution in [0.3, 0.4) is 0 Å². The van der Waals surface area contributed by atoms with Gasteiger partial charge in [0.05, 0.1) is 11.5 Å². The van der Waals surface area contributed by atoms with Crippen molar-refractivity contribution < 1.29 is 16.8 Å². The first kappa shape index (κ1) is 11.2. The van der Waals surface area contributed by atoms with Gasteiger partial charge in [-0.05, 0) is 6.92 Å². The van der Waals surface area contributed by atoms with Crippen LogP contribution in [0.4, 0.5) is 0 Å². The molecule has 1 unspecified atom stereocenters. The molecule has 0 aromatic carbocycles. The maximum absolute atomic E-state index is 11.1. The maximum Gasteiger partial charge on any atom is 0.300 e. The van der Waals surface area contributed by atoms with Gasteiger partial charge in [0.2, 0.25) is 0 Å². The van der Waals surface area contributed by atoms with Crippen LogP contribution < -0.4 is 0 Å². The van der Waals surface area contributed by atoms with Crippen molar-refractivity contribution in [2.45, 2.75) is 13.0 Å². The Labute approximate surface area is 82.1 Å². The zero-order chi connectivity index (χ0) is 10.3. The van der Waals surface area contributed by atoms with Crippen molar-refractivity contribution in [3.63, 3.8) is 0 Å². The van der Waals surface area contributed by atoms with E-state index in [4.69, 9.17) is 10.7 Å². The molecule has 0 spiro atoms. The van der Waals surface area contributed by atoms with Crippen molar-refractivity contribution in [2.75, 3.05) is 18.1 Å². The average molecular weight is 248 g/mol. The van der Waals surface area contributed by atoms with E-state index in [9.17, 15) is 16.8 Å². The third-order valence-electron chi connectivity index (χ3n) is 1.89. The minimum Gasteiger partial charge on any atom is -0.229 e. The first-order valence-corrected chi connectivity index (χ1v) is 7.73. The minimum absolute atomic E-state index is 0.0463. The van der Waals surface area contributed by atoms with Crippen LogP contribution in [0.25, 0.3) is 0 Å². The van der Waals surface area contributed by atoms with Gasteiger partial charge in [0.1, 0.15) is 0 Å². The smallest absolute Gasteiger partial charge is 0.229 e. The Bertz CT molecular complexity index is 387. The minimum atomic E-state index is -3.78. The predicted molar refractivity (Wildman–Crippen MR) is 49.6 cm³/mol. The third kappa shape index (κ3) is 2.80. The van der Waals surface area contributed by atoms with E-state index in [0.717, 1.165) is 4.31 Å². The second-order valence-corrected chi connectivity index (χ2v) is 7.71. The van der Waals surface area contributed by atoms with Crippen LogP contribution in [0.5, 0.6) is 0 Å². The van der Waals surface area contributed by atoms with E-state index in [1.54, 1.807) is 0 Å². The topological polar surface area (TPSA) is 71.5 Å². The van der Waals surface area contributed by atoms with Crippen molar-refractivity contribution in [2.24, 2.45) is 0 Å². The zero-order valence-electron chi connectivity index (χ0n) is 6.97. The molecule has 0 saturated carbocycles. The fourth-order valence-electron chi connectivity index (χ4n) is 1.31. The quantitative estimate of drug-likeness (QED) is 0.591. The Morgan fingerprint density at radius 2 is 2.00 bits per heavy atom. The molecule has 0 aromatic rings. The van der Waals surface area contributed by atoms with Gasteiger partial charge >= 0.3 is 0 Å². The highest BCUT2D eigenvalue weighted by Crippen LogP contribution is 2.17. The molecule has 0 aromatic heterocycles. The standard InChI is InChI=1S/C5H10ClNO4S2/c1-5-4-12(8,9)3-2-7(5)13(6,10)11/h5H,2-4H2,1H3. The van der Waals surface area contributed by atoms with E-state index in [1.165, 1.54) is 6.92 Å². The fraction of sp³-hybridized carbons (Fsp3) is 1.00. The van der Waals surface area contributed by atoms with E-state index in [2.05, 4.69) is 0 Å². The molecule has 1 rings (SSSR count). The number of hydrogen-bond donors (Lipinski definition) is 0. The van der Waals surface area contributed by atoms with Crippen LogP contribution in [-0.4, -0.2) is 45.2 Å². The summed E-state index contributed by atoms with van der Waals surface area (Å²) in [6, 6.07) is -0.568. The highest BCUT2D eigenvalue weighted by Gasteiger charge is 2.34. The summed E-state index contributed by atoms with van der Waals surface area (Å²) in [5, 5.41) is 0. The lowest BCUT2D eigenvalue weighted by molar-refractivity contribution is 0.364. The van der Waals surface area contributed by atoms with E-state index in [0.29, 0.717) is 0 Å². The van der Waals surface area contributed by atoms with Gasteiger partial charge < -0.3 is 0 Å². The Kier molecular flexibility index (Phi) is 2.92. The van der Waals surface area contributed by atoms with Crippen molar-refractivity contribution in [1.29, 1.82) is 0 Å². The van der Waals surface area contributed by atoms with Crippen LogP contribution >= 0.6 is 10.7 Å². The summed E-state index contributed by atoms with van der Waals surface area (Å²) in [5.74, 6) is -0.303. The molecule has 0 N–H and O–H groups in total. The van der Waals surface area contributed by atoms with Gasteiger partial charge in [-0.2, -0.15) is 12.7 Å². The van der Waals surface area contributed by atoms with Gasteiger partial charge in [-0.25, -0.2) is 8.42 Å². The molecule has 1 fully saturated rings. The van der Waals surface area contributed by atoms with E-state index in [1.807, 2.05) is 0 Å². The molecule has 8 heteroatoms. The Morgan fingerprint density at radius 1 is 1.46 bits per heavy atom. The van der Waals surface area contributed by atoms with Gasteiger partial charge in [0.25, 0.3) is 9.24 Å². The molecule has 0 aliphatic carbocycles. The largest absolute Gasteiger partial charge is 0.300 e. The fourth-order valence-corrected chi connectivity index (χ4v) is 4.50. The number of sulfone groups is 1. The summed E-state index contributed by atoms with van der Waals surface area (Å²) >= 11 is 0. The molecule has 1 atom stereocenters. The summed E-state index contributed by atoms with van der Waals surface area (Å²) in [5.41, 5.74) is 0. The molecule has 78 valence electrons. The van der Waals surface area contributed by atoms with Crippen LogP contribution in [-0.2, 0) is 19.1 Å². The predicted octanol–water partition coefficient (Wildman–Crippen LogP) is -0.411. The lowest BCUT2D eigenvalue weighted by Gasteiger charge is -2.29. The van der Waals surface area contributed by atoms with Gasteiger partial charge in [-0.1, -0.05) is 0 Å². The number of hydrogen-bond acceptors (Lipinski definition) is 4. The zero-order valence-corrected chi connectivity index (χ0v) is 9.36. The molecule has 0 bridgehead atoms. The molecule has 1 saturated heterocycles. The molecule has 0 amide bonds. The van der Waals surface area contributed by atoms with Crippen LogP contribution in [0, 0.1) is 0 Å². The molecule has 1 heterocycles. The van der Waals surface area contributed by atoms with Crippen molar-refractivity contribution >= 4 is 29.8 Å². The van der Waals surface area contributed by atoms with Gasteiger partial charge in [0.15, 0.2) is 9.84 Å². The van der Waals surface area contributed by atoms with Crippen LogP contribution in [0.2, 0.25) is 0 Å². The number of nitrogens with zero attached hydrogens (tertiary/aromatic N) is 1. The lowest BCUT2D eigenvalue weighted by atomic mass is 10.4. The highest BCUT2D eigenvalue weighted by molar-refractivity contribution is 8.12. The third-order valence-corrected chi connectivity index (χ3v) is 5.32. The summed E-state index contributed by atoms with van der Waals surface area (Å²) in [6.07, 6.45) is 0. The summed E-state index contributed by atoms with van der Waals surface area (Å²) in [6.45, 7) is 1.48. The first-order chi connectivity index (χ1) is 5.72. The Balaban J connectivity index is 2.88. The summed E-state index contributed by atoms with van der Waals surface area (Å²) in [7, 11) is -1.77. The molecule has 1 aliphatic heterocycles. The highest BCUT2D eigenvalue weighted by atomic mass is 35.7. The molecule has 5 nitrogen and oxygen atoms in total. The van der Waals surface area contributed by atoms with Gasteiger partial charge in [-0.3, -0.25) is 0 Å². The Hall–Kier alpha value is 0.150. The normalized spacial score (nSPS) is 30.2. The van der Waals surface area contributed by atoms with Crippen molar-refractivity contribution in [1.82, 2.24) is 4.31 Å². The monoisotopic (exact) mass is 247 g/mol. The van der Waals surface area contributed by atoms with E-state index >= 15 is 0 Å². The molecular formula is C5H10ClNO4S2. The maximum atomic E-state index is 11.1. The molecular weight excluding hydrogens is 238 g/mol. The number of halogens is 1. The van der Waals surface area contributed by atoms with E-state index in [-0.39, 0.29) is 18.1 Å². The average Bonchev–Trinajstić information content (AvgIpc) is 1.80. The lowest BCUT2D eigenvalue weighted by Crippen LogP contribution is -2.48. The van der Waals surface area contributed by atoms with Gasteiger partial charge in [0, 0.05) is 23.3 Å². The molecule has 1 aliphatic rings. The van der Waals surface area contributed by atoms with Crippen LogP contribution in [0.1, 0.15) is 6.92 Å². The summed E-state index contributed by atoms with van der Waals surface area (Å²) in [4.78, 5) is 0. The second kappa shape index (κ2) is 3.38. The SMILES string of the molecule is CC1CS(=O)(=O)CCN1S(=O)(=O)Cl. The summed E-state index contributed by atoms with van der Waals surface area (Å²) < 4.78 is 44.9. The second-order valence-electron chi connectivity index (χ2n) is 3.02. The Morgan fingerprint density at radius 3 is 2.38 bits per heavy atom. The van der Waals surface area contributed by atoms with Crippen LogP contribution in [0.15, 0.2) is 0 Å². The van der Waals surface area contributed by atoms with E-state index < -0.39 is 25.1 Å². The van der Waals surface area contributed by atoms with Gasteiger partial charge in [-0.15, -0.1) is 0 Å². The number of rotatable bonds is 1. The first-order valence-electron chi connectivity index (χ1n) is 3.64. The molecule has 0 radical (unpaired) electrons. The van der Waals surface area contributed by atoms with Crippen molar-refractivity contribution in [3.8, 4) is 0 Å². The molecule has 13 heavy (non-hydrogen) atoms.